The number of phenols is 1. The van der Waals surface area contributed by atoms with Gasteiger partial charge in [0.15, 0.2) is 11.5 Å². The van der Waals surface area contributed by atoms with Gasteiger partial charge in [0.2, 0.25) is 0 Å². The molecule has 8 nitrogen and oxygen atoms in total. The molecule has 0 amide bonds. The van der Waals surface area contributed by atoms with E-state index in [-0.39, 0.29) is 24.5 Å². The minimum absolute atomic E-state index is 0.000301. The van der Waals surface area contributed by atoms with Crippen molar-refractivity contribution in [2.75, 3.05) is 26.7 Å². The van der Waals surface area contributed by atoms with E-state index < -0.39 is 0 Å². The van der Waals surface area contributed by atoms with Crippen molar-refractivity contribution in [3.05, 3.63) is 70.4 Å². The van der Waals surface area contributed by atoms with E-state index in [1.165, 1.54) is 31.2 Å². The van der Waals surface area contributed by atoms with Gasteiger partial charge >= 0.3 is 0 Å². The van der Waals surface area contributed by atoms with E-state index in [4.69, 9.17) is 9.15 Å². The van der Waals surface area contributed by atoms with Crippen LogP contribution in [0.25, 0.3) is 0 Å². The highest BCUT2D eigenvalue weighted by atomic mass is 16.5. The number of aliphatic hydroxyl groups is 2. The molecular formula is C35H53N3O5. The number of H-pyrrole nitrogens is 1. The molecule has 1 saturated carbocycles. The number of phenolic OH excluding ortho intramolecular Hbond substituents is 1. The second-order valence-electron chi connectivity index (χ2n) is 12.3. The van der Waals surface area contributed by atoms with Crippen molar-refractivity contribution in [1.29, 1.82) is 0 Å². The summed E-state index contributed by atoms with van der Waals surface area (Å²) in [6.07, 6.45) is 12.0. The number of hydrogen-bond acceptors (Lipinski definition) is 7. The number of aryl methyl sites for hydroxylation is 3. The van der Waals surface area contributed by atoms with Crippen LogP contribution < -0.4 is 15.4 Å². The molecule has 0 spiro atoms. The maximum absolute atomic E-state index is 10.5. The fraction of sp³-hybridized carbons (Fsp3) is 0.600. The number of nitrogens with one attached hydrogen (secondary N) is 3. The lowest BCUT2D eigenvalue weighted by Gasteiger charge is -2.33. The summed E-state index contributed by atoms with van der Waals surface area (Å²) in [6, 6.07) is 10.0. The van der Waals surface area contributed by atoms with Crippen molar-refractivity contribution < 1.29 is 24.5 Å². The molecule has 0 bridgehead atoms. The van der Waals surface area contributed by atoms with Crippen molar-refractivity contribution >= 4 is 0 Å². The number of rotatable bonds is 19. The summed E-state index contributed by atoms with van der Waals surface area (Å²) >= 11 is 0. The lowest BCUT2D eigenvalue weighted by atomic mass is 9.80. The van der Waals surface area contributed by atoms with E-state index in [2.05, 4.69) is 34.8 Å². The van der Waals surface area contributed by atoms with Crippen molar-refractivity contribution in [1.82, 2.24) is 15.6 Å². The third-order valence-corrected chi connectivity index (χ3v) is 8.78. The minimum Gasteiger partial charge on any atom is -0.504 e. The van der Waals surface area contributed by atoms with Gasteiger partial charge in [0.25, 0.3) is 0 Å². The number of furan rings is 1. The first kappa shape index (κ1) is 33.1. The summed E-state index contributed by atoms with van der Waals surface area (Å²) in [5.41, 5.74) is 4.37. The van der Waals surface area contributed by atoms with E-state index in [9.17, 15) is 15.3 Å². The Hall–Kier alpha value is -2.78. The monoisotopic (exact) mass is 595 g/mol. The van der Waals surface area contributed by atoms with Crippen LogP contribution in [0.5, 0.6) is 11.5 Å². The normalized spacial score (nSPS) is 16.0. The molecule has 3 aromatic rings. The zero-order valence-corrected chi connectivity index (χ0v) is 26.3. The molecule has 0 saturated heterocycles. The molecule has 1 aliphatic rings. The van der Waals surface area contributed by atoms with Crippen LogP contribution >= 0.6 is 0 Å². The Bertz CT molecular complexity index is 1230. The standard InChI is InChI=1S/C35H53N3O5/c1-4-5-10-33-28(23-39)19-30(43-33)13-11-25-12-14-32(41)34(17-25)42-16-15-29-18-27(21-37-29)35(26-8-6-7-9-26)31(22-36-3)38-20-24(2)40/h12,14,17-19,21,24,26,31,35-41H,4-11,13,15-16,20,22-23H2,1-3H3. The van der Waals surface area contributed by atoms with Crippen LogP contribution in [0.1, 0.15) is 92.2 Å². The topological polar surface area (TPSA) is 123 Å². The lowest BCUT2D eigenvalue weighted by Crippen LogP contribution is -2.46. The van der Waals surface area contributed by atoms with Gasteiger partial charge in [-0.1, -0.05) is 32.3 Å². The lowest BCUT2D eigenvalue weighted by molar-refractivity contribution is 0.179. The minimum atomic E-state index is -0.384. The first-order valence-electron chi connectivity index (χ1n) is 16.3. The fourth-order valence-electron chi connectivity index (χ4n) is 6.52. The van der Waals surface area contributed by atoms with Crippen molar-refractivity contribution in [3.63, 3.8) is 0 Å². The molecule has 4 rings (SSSR count). The highest BCUT2D eigenvalue weighted by Crippen LogP contribution is 2.40. The Balaban J connectivity index is 1.35. The number of hydrogen-bond donors (Lipinski definition) is 6. The van der Waals surface area contributed by atoms with E-state index in [0.29, 0.717) is 37.2 Å². The van der Waals surface area contributed by atoms with Gasteiger partial charge in [-0.2, -0.15) is 0 Å². The smallest absolute Gasteiger partial charge is 0.161 e. The van der Waals surface area contributed by atoms with Gasteiger partial charge in [0, 0.05) is 61.8 Å². The fourth-order valence-corrected chi connectivity index (χ4v) is 6.52. The van der Waals surface area contributed by atoms with Crippen LogP contribution in [0.3, 0.4) is 0 Å². The molecule has 0 radical (unpaired) electrons. The Kier molecular flexibility index (Phi) is 13.0. The van der Waals surface area contributed by atoms with E-state index in [1.807, 2.05) is 32.2 Å². The summed E-state index contributed by atoms with van der Waals surface area (Å²) in [5, 5.41) is 37.0. The molecular weight excluding hydrogens is 542 g/mol. The van der Waals surface area contributed by atoms with Crippen LogP contribution in [0.4, 0.5) is 0 Å². The SMILES string of the molecule is CCCCc1oc(CCc2ccc(O)c(OCCc3cc(C(C4CCCC4)C(CNC)NCC(C)O)c[nH]3)c2)cc1CO. The number of benzene rings is 1. The molecule has 1 aromatic carbocycles. The molecule has 1 fully saturated rings. The molecule has 2 heterocycles. The molecule has 1 aliphatic carbocycles. The second-order valence-corrected chi connectivity index (χ2v) is 12.3. The second kappa shape index (κ2) is 16.9. The number of unbranched alkanes of at least 4 members (excludes halogenated alkanes) is 1. The van der Waals surface area contributed by atoms with Gasteiger partial charge in [-0.05, 0) is 81.0 Å². The van der Waals surface area contributed by atoms with Gasteiger partial charge in [-0.25, -0.2) is 0 Å². The Morgan fingerprint density at radius 1 is 1.07 bits per heavy atom. The molecule has 8 heteroatoms. The predicted octanol–water partition coefficient (Wildman–Crippen LogP) is 5.39. The van der Waals surface area contributed by atoms with Gasteiger partial charge in [-0.15, -0.1) is 0 Å². The number of ether oxygens (including phenoxy) is 1. The van der Waals surface area contributed by atoms with Crippen LogP contribution in [-0.4, -0.2) is 59.2 Å². The molecule has 2 aromatic heterocycles. The third-order valence-electron chi connectivity index (χ3n) is 8.78. The Labute approximate surface area is 257 Å². The maximum atomic E-state index is 10.5. The Morgan fingerprint density at radius 3 is 2.60 bits per heavy atom. The zero-order chi connectivity index (χ0) is 30.6. The van der Waals surface area contributed by atoms with Gasteiger partial charge in [0.1, 0.15) is 11.5 Å². The third kappa shape index (κ3) is 9.60. The maximum Gasteiger partial charge on any atom is 0.161 e. The largest absolute Gasteiger partial charge is 0.504 e. The van der Waals surface area contributed by atoms with Crippen LogP contribution in [0.15, 0.2) is 40.9 Å². The Morgan fingerprint density at radius 2 is 1.88 bits per heavy atom. The average molecular weight is 596 g/mol. The number of aromatic amines is 1. The number of aliphatic hydroxyl groups excluding tert-OH is 2. The summed E-state index contributed by atoms with van der Waals surface area (Å²) in [7, 11) is 1.99. The van der Waals surface area contributed by atoms with Gasteiger partial charge in [0.05, 0.1) is 19.3 Å². The summed E-state index contributed by atoms with van der Waals surface area (Å²) in [4.78, 5) is 3.48. The first-order valence-corrected chi connectivity index (χ1v) is 16.3. The van der Waals surface area contributed by atoms with Crippen LogP contribution in [0, 0.1) is 5.92 Å². The van der Waals surface area contributed by atoms with E-state index >= 15 is 0 Å². The first-order chi connectivity index (χ1) is 20.9. The van der Waals surface area contributed by atoms with E-state index in [1.54, 1.807) is 6.07 Å². The zero-order valence-electron chi connectivity index (χ0n) is 26.3. The number of aromatic hydroxyl groups is 1. The summed E-state index contributed by atoms with van der Waals surface area (Å²) in [6.45, 7) is 5.84. The van der Waals surface area contributed by atoms with Gasteiger partial charge in [-0.3, -0.25) is 0 Å². The molecule has 3 atom stereocenters. The molecule has 6 N–H and O–H groups in total. The highest BCUT2D eigenvalue weighted by molar-refractivity contribution is 5.42. The van der Waals surface area contributed by atoms with Gasteiger partial charge < -0.3 is 40.1 Å². The molecule has 238 valence electrons. The quantitative estimate of drug-likeness (QED) is 0.110. The highest BCUT2D eigenvalue weighted by Gasteiger charge is 2.33. The van der Waals surface area contributed by atoms with Crippen molar-refractivity contribution in [3.8, 4) is 11.5 Å². The van der Waals surface area contributed by atoms with E-state index in [0.717, 1.165) is 67.0 Å². The summed E-state index contributed by atoms with van der Waals surface area (Å²) in [5.74, 6) is 3.39. The average Bonchev–Trinajstić information content (AvgIpc) is 3.77. The predicted molar refractivity (Wildman–Crippen MR) is 171 cm³/mol. The number of likely N-dealkylation sites (N-methyl/N-ethyl adjacent to an activating group) is 1. The van der Waals surface area contributed by atoms with Crippen molar-refractivity contribution in [2.24, 2.45) is 5.92 Å². The van der Waals surface area contributed by atoms with Crippen LogP contribution in [0.2, 0.25) is 0 Å². The van der Waals surface area contributed by atoms with Crippen LogP contribution in [-0.2, 0) is 32.3 Å². The molecule has 43 heavy (non-hydrogen) atoms. The molecule has 0 aliphatic heterocycles. The van der Waals surface area contributed by atoms with Crippen molar-refractivity contribution in [2.45, 2.75) is 103 Å². The number of aromatic nitrogens is 1. The molecule has 3 unspecified atom stereocenters. The summed E-state index contributed by atoms with van der Waals surface area (Å²) < 4.78 is 12.1.